The second kappa shape index (κ2) is 7.38. The molecule has 17 heavy (non-hydrogen) atoms. The monoisotopic (exact) mass is 238 g/mol. The molecular weight excluding hydrogens is 220 g/mol. The van der Waals surface area contributed by atoms with Crippen molar-refractivity contribution < 1.29 is 9.72 Å². The molecule has 0 aliphatic carbocycles. The number of nitro benzene ring substituents is 1. The van der Waals surface area contributed by atoms with Crippen molar-refractivity contribution in [1.82, 2.24) is 4.90 Å². The van der Waals surface area contributed by atoms with Gasteiger partial charge in [-0.25, -0.2) is 0 Å². The van der Waals surface area contributed by atoms with Gasteiger partial charge in [-0.3, -0.25) is 14.9 Å². The normalized spacial score (nSPS) is 8.94. The largest absolute Gasteiger partial charge is 0.351 e. The topological polar surface area (TPSA) is 63.5 Å². The Hall–Kier alpha value is -1.91. The second-order valence-electron chi connectivity index (χ2n) is 3.81. The van der Waals surface area contributed by atoms with E-state index >= 15 is 0 Å². The molecule has 1 aromatic rings. The molecule has 0 heterocycles. The third kappa shape index (κ3) is 5.65. The van der Waals surface area contributed by atoms with E-state index in [1.54, 1.807) is 20.2 Å². The van der Waals surface area contributed by atoms with Gasteiger partial charge in [0.1, 0.15) is 0 Å². The van der Waals surface area contributed by atoms with Crippen LogP contribution in [0, 0.1) is 17.0 Å². The van der Waals surface area contributed by atoms with E-state index in [2.05, 4.69) is 0 Å². The van der Waals surface area contributed by atoms with E-state index in [9.17, 15) is 14.9 Å². The number of benzene rings is 1. The minimum absolute atomic E-state index is 0.234. The summed E-state index contributed by atoms with van der Waals surface area (Å²) in [5.41, 5.74) is 1.96. The van der Waals surface area contributed by atoms with Crippen LogP contribution in [0.5, 0.6) is 0 Å². The van der Waals surface area contributed by atoms with Crippen LogP contribution in [0.25, 0.3) is 0 Å². The summed E-state index contributed by atoms with van der Waals surface area (Å²) in [5, 5.41) is 10.5. The zero-order valence-corrected chi connectivity index (χ0v) is 10.6. The lowest BCUT2D eigenvalue weighted by atomic mass is 10.1. The SMILES string of the molecule is CCc1ccc(C)cc1[N+](=O)[O-].CN(C)C=O. The molecule has 0 aliphatic heterocycles. The third-order valence-corrected chi connectivity index (χ3v) is 2.03. The average Bonchev–Trinajstić information content (AvgIpc) is 2.29. The first-order valence-corrected chi connectivity index (χ1v) is 5.28. The zero-order chi connectivity index (χ0) is 13.4. The van der Waals surface area contributed by atoms with Crippen molar-refractivity contribution in [3.63, 3.8) is 0 Å². The lowest BCUT2D eigenvalue weighted by molar-refractivity contribution is -0.385. The van der Waals surface area contributed by atoms with Gasteiger partial charge in [-0.2, -0.15) is 0 Å². The minimum atomic E-state index is -0.328. The van der Waals surface area contributed by atoms with E-state index in [0.717, 1.165) is 17.5 Å². The quantitative estimate of drug-likeness (QED) is 0.460. The summed E-state index contributed by atoms with van der Waals surface area (Å²) in [6, 6.07) is 5.32. The van der Waals surface area contributed by atoms with Gasteiger partial charge in [0.15, 0.2) is 0 Å². The van der Waals surface area contributed by atoms with Crippen molar-refractivity contribution in [2.45, 2.75) is 20.3 Å². The molecular formula is C12H18N2O3. The van der Waals surface area contributed by atoms with Crippen LogP contribution in [0.2, 0.25) is 0 Å². The van der Waals surface area contributed by atoms with Crippen LogP contribution in [0.15, 0.2) is 18.2 Å². The van der Waals surface area contributed by atoms with Gasteiger partial charge in [-0.15, -0.1) is 0 Å². The predicted octanol–water partition coefficient (Wildman–Crippen LogP) is 2.17. The summed E-state index contributed by atoms with van der Waals surface area (Å²) in [6.45, 7) is 3.77. The van der Waals surface area contributed by atoms with Gasteiger partial charge < -0.3 is 4.90 Å². The van der Waals surface area contributed by atoms with Crippen LogP contribution in [0.1, 0.15) is 18.1 Å². The Morgan fingerprint density at radius 3 is 2.29 bits per heavy atom. The lowest BCUT2D eigenvalue weighted by Gasteiger charge is -1.99. The fourth-order valence-corrected chi connectivity index (χ4v) is 1.14. The molecule has 1 rings (SSSR count). The Kier molecular flexibility index (Phi) is 6.55. The molecule has 5 heteroatoms. The molecule has 0 saturated heterocycles. The van der Waals surface area contributed by atoms with Gasteiger partial charge in [-0.1, -0.05) is 19.1 Å². The summed E-state index contributed by atoms with van der Waals surface area (Å²) >= 11 is 0. The number of carbonyl (C=O) groups is 1. The van der Waals surface area contributed by atoms with Crippen molar-refractivity contribution in [2.75, 3.05) is 14.1 Å². The van der Waals surface area contributed by atoms with Crippen LogP contribution >= 0.6 is 0 Å². The zero-order valence-electron chi connectivity index (χ0n) is 10.6. The molecule has 0 fully saturated rings. The highest BCUT2D eigenvalue weighted by Gasteiger charge is 2.10. The van der Waals surface area contributed by atoms with Gasteiger partial charge in [0, 0.05) is 25.7 Å². The molecule has 1 aromatic carbocycles. The summed E-state index contributed by atoms with van der Waals surface area (Å²) in [5.74, 6) is 0. The Morgan fingerprint density at radius 1 is 1.41 bits per heavy atom. The van der Waals surface area contributed by atoms with Crippen LogP contribution in [0.4, 0.5) is 5.69 Å². The highest BCUT2D eigenvalue weighted by molar-refractivity contribution is 5.45. The van der Waals surface area contributed by atoms with Gasteiger partial charge in [0.05, 0.1) is 4.92 Å². The maximum Gasteiger partial charge on any atom is 0.272 e. The molecule has 0 aromatic heterocycles. The van der Waals surface area contributed by atoms with Gasteiger partial charge >= 0.3 is 0 Å². The summed E-state index contributed by atoms with van der Waals surface area (Å²) in [4.78, 5) is 21.1. The third-order valence-electron chi connectivity index (χ3n) is 2.03. The van der Waals surface area contributed by atoms with Crippen molar-refractivity contribution in [3.05, 3.63) is 39.4 Å². The van der Waals surface area contributed by atoms with Crippen LogP contribution in [0.3, 0.4) is 0 Å². The Morgan fingerprint density at radius 2 is 1.94 bits per heavy atom. The molecule has 0 spiro atoms. The van der Waals surface area contributed by atoms with Crippen LogP contribution < -0.4 is 0 Å². The first-order valence-electron chi connectivity index (χ1n) is 5.28. The predicted molar refractivity (Wildman–Crippen MR) is 67.0 cm³/mol. The molecule has 1 amide bonds. The molecule has 0 aliphatic rings. The van der Waals surface area contributed by atoms with Crippen molar-refractivity contribution in [2.24, 2.45) is 0 Å². The smallest absolute Gasteiger partial charge is 0.272 e. The number of rotatable bonds is 3. The van der Waals surface area contributed by atoms with Gasteiger partial charge in [0.2, 0.25) is 6.41 Å². The van der Waals surface area contributed by atoms with Gasteiger partial charge in [0.25, 0.3) is 5.69 Å². The first kappa shape index (κ1) is 15.1. The van der Waals surface area contributed by atoms with Crippen molar-refractivity contribution in [3.8, 4) is 0 Å². The Balaban J connectivity index is 0.000000437. The molecule has 5 nitrogen and oxygen atoms in total. The maximum absolute atomic E-state index is 10.5. The van der Waals surface area contributed by atoms with E-state index in [-0.39, 0.29) is 10.6 Å². The highest BCUT2D eigenvalue weighted by atomic mass is 16.6. The van der Waals surface area contributed by atoms with Crippen LogP contribution in [-0.2, 0) is 11.2 Å². The number of aryl methyl sites for hydroxylation is 2. The van der Waals surface area contributed by atoms with Gasteiger partial charge in [-0.05, 0) is 18.9 Å². The molecule has 0 N–H and O–H groups in total. The molecule has 0 bridgehead atoms. The van der Waals surface area contributed by atoms with E-state index < -0.39 is 0 Å². The molecule has 0 atom stereocenters. The summed E-state index contributed by atoms with van der Waals surface area (Å²) in [7, 11) is 3.38. The number of amides is 1. The molecule has 0 saturated carbocycles. The number of carbonyl (C=O) groups excluding carboxylic acids is 1. The summed E-state index contributed by atoms with van der Waals surface area (Å²) < 4.78 is 0. The number of nitrogens with zero attached hydrogens (tertiary/aromatic N) is 2. The fraction of sp³-hybridized carbons (Fsp3) is 0.417. The second-order valence-corrected chi connectivity index (χ2v) is 3.81. The first-order chi connectivity index (χ1) is 7.92. The maximum atomic E-state index is 10.5. The van der Waals surface area contributed by atoms with Crippen molar-refractivity contribution in [1.29, 1.82) is 0 Å². The van der Waals surface area contributed by atoms with E-state index in [1.807, 2.05) is 26.0 Å². The van der Waals surface area contributed by atoms with E-state index in [0.29, 0.717) is 6.42 Å². The van der Waals surface area contributed by atoms with Crippen molar-refractivity contribution >= 4 is 12.1 Å². The van der Waals surface area contributed by atoms with Crippen LogP contribution in [-0.4, -0.2) is 30.3 Å². The Bertz CT molecular complexity index is 389. The highest BCUT2D eigenvalue weighted by Crippen LogP contribution is 2.19. The Labute approximate surface area is 101 Å². The minimum Gasteiger partial charge on any atom is -0.351 e. The van der Waals surface area contributed by atoms with E-state index in [1.165, 1.54) is 4.90 Å². The summed E-state index contributed by atoms with van der Waals surface area (Å²) in [6.07, 6.45) is 1.45. The van der Waals surface area contributed by atoms with E-state index in [4.69, 9.17) is 0 Å². The molecule has 0 unspecified atom stereocenters. The number of hydrogen-bond donors (Lipinski definition) is 0. The molecule has 0 radical (unpaired) electrons. The lowest BCUT2D eigenvalue weighted by Crippen LogP contribution is -2.06. The standard InChI is InChI=1S/C9H11NO2.C3H7NO/c1-3-8-5-4-7(2)6-9(8)10(11)12;1-4(2)3-5/h4-6H,3H2,1-2H3;3H,1-2H3. The fourth-order valence-electron chi connectivity index (χ4n) is 1.14. The number of hydrogen-bond acceptors (Lipinski definition) is 3. The average molecular weight is 238 g/mol. The number of nitro groups is 1. The molecule has 94 valence electrons.